The van der Waals surface area contributed by atoms with E-state index in [9.17, 15) is 4.79 Å². The number of hydrogen-bond acceptors (Lipinski definition) is 2. The van der Waals surface area contributed by atoms with Crippen LogP contribution in [0.3, 0.4) is 0 Å². The molecule has 98 valence electrons. The first-order chi connectivity index (χ1) is 8.22. The van der Waals surface area contributed by atoms with Crippen molar-refractivity contribution in [1.29, 1.82) is 0 Å². The van der Waals surface area contributed by atoms with Gasteiger partial charge in [-0.3, -0.25) is 4.79 Å². The quantitative estimate of drug-likeness (QED) is 0.815. The van der Waals surface area contributed by atoms with Crippen LogP contribution in [0.25, 0.3) is 0 Å². The Morgan fingerprint density at radius 1 is 1.24 bits per heavy atom. The average Bonchev–Trinajstić information content (AvgIpc) is 2.88. The number of nitrogens with two attached hydrogens (primary N) is 1. The molecule has 0 heterocycles. The molecule has 2 heteroatoms. The van der Waals surface area contributed by atoms with Crippen molar-refractivity contribution in [3.8, 4) is 0 Å². The highest BCUT2D eigenvalue weighted by Gasteiger charge is 2.43. The van der Waals surface area contributed by atoms with Gasteiger partial charge in [0.05, 0.1) is 0 Å². The zero-order valence-corrected chi connectivity index (χ0v) is 11.2. The minimum Gasteiger partial charge on any atom is -0.329 e. The molecule has 2 aliphatic rings. The first-order valence-corrected chi connectivity index (χ1v) is 7.46. The molecule has 2 fully saturated rings. The number of hydrogen-bond donors (Lipinski definition) is 1. The third-order valence-electron chi connectivity index (χ3n) is 5.21. The molecule has 0 spiro atoms. The van der Waals surface area contributed by atoms with Gasteiger partial charge in [0, 0.05) is 17.9 Å². The lowest BCUT2D eigenvalue weighted by atomic mass is 9.69. The summed E-state index contributed by atoms with van der Waals surface area (Å²) >= 11 is 0. The third kappa shape index (κ3) is 2.57. The van der Waals surface area contributed by atoms with Crippen LogP contribution in [-0.2, 0) is 4.79 Å². The number of ketones is 1. The van der Waals surface area contributed by atoms with Gasteiger partial charge in [-0.25, -0.2) is 0 Å². The highest BCUT2D eigenvalue weighted by Crippen LogP contribution is 2.43. The second-order valence-corrected chi connectivity index (χ2v) is 6.19. The Kier molecular flexibility index (Phi) is 4.24. The van der Waals surface area contributed by atoms with E-state index >= 15 is 0 Å². The molecule has 2 aliphatic carbocycles. The first-order valence-electron chi connectivity index (χ1n) is 7.46. The lowest BCUT2D eigenvalue weighted by Gasteiger charge is -2.34. The minimum atomic E-state index is -0.125. The van der Waals surface area contributed by atoms with Gasteiger partial charge in [-0.05, 0) is 31.6 Å². The van der Waals surface area contributed by atoms with Crippen LogP contribution in [-0.4, -0.2) is 12.3 Å². The fraction of sp³-hybridized carbons (Fsp3) is 0.933. The van der Waals surface area contributed by atoms with E-state index in [0.29, 0.717) is 18.2 Å². The standard InChI is InChI=1S/C15H27NO/c1-2-12-6-5-7-13(10-12)14(17)15(11-16)8-3-4-9-15/h12-13H,2-11,16H2,1H3. The topological polar surface area (TPSA) is 43.1 Å². The number of rotatable bonds is 4. The summed E-state index contributed by atoms with van der Waals surface area (Å²) in [5.74, 6) is 1.64. The number of carbonyl (C=O) groups excluding carboxylic acids is 1. The van der Waals surface area contributed by atoms with E-state index in [2.05, 4.69) is 6.92 Å². The van der Waals surface area contributed by atoms with E-state index in [4.69, 9.17) is 5.73 Å². The van der Waals surface area contributed by atoms with Crippen molar-refractivity contribution < 1.29 is 4.79 Å². The predicted molar refractivity (Wildman–Crippen MR) is 70.7 cm³/mol. The average molecular weight is 237 g/mol. The molecule has 0 radical (unpaired) electrons. The van der Waals surface area contributed by atoms with E-state index in [1.165, 1.54) is 32.1 Å². The Hall–Kier alpha value is -0.370. The van der Waals surface area contributed by atoms with Crippen molar-refractivity contribution in [3.05, 3.63) is 0 Å². The predicted octanol–water partition coefficient (Wildman–Crippen LogP) is 3.29. The normalized spacial score (nSPS) is 32.6. The summed E-state index contributed by atoms with van der Waals surface area (Å²) in [5.41, 5.74) is 5.80. The summed E-state index contributed by atoms with van der Waals surface area (Å²) in [7, 11) is 0. The van der Waals surface area contributed by atoms with Crippen molar-refractivity contribution in [3.63, 3.8) is 0 Å². The molecule has 0 bridgehead atoms. The van der Waals surface area contributed by atoms with Gasteiger partial charge < -0.3 is 5.73 Å². The van der Waals surface area contributed by atoms with E-state index in [0.717, 1.165) is 31.6 Å². The largest absolute Gasteiger partial charge is 0.329 e. The van der Waals surface area contributed by atoms with Crippen molar-refractivity contribution >= 4 is 5.78 Å². The van der Waals surface area contributed by atoms with Crippen molar-refractivity contribution in [2.24, 2.45) is 23.0 Å². The molecule has 2 rings (SSSR count). The van der Waals surface area contributed by atoms with Crippen LogP contribution in [0.2, 0.25) is 0 Å². The highest BCUT2D eigenvalue weighted by atomic mass is 16.1. The van der Waals surface area contributed by atoms with E-state index < -0.39 is 0 Å². The molecule has 0 aromatic heterocycles. The summed E-state index contributed by atoms with van der Waals surface area (Å²) in [5, 5.41) is 0. The summed E-state index contributed by atoms with van der Waals surface area (Å²) in [6, 6.07) is 0. The second-order valence-electron chi connectivity index (χ2n) is 6.19. The van der Waals surface area contributed by atoms with Crippen LogP contribution in [0.15, 0.2) is 0 Å². The lowest BCUT2D eigenvalue weighted by Crippen LogP contribution is -2.41. The highest BCUT2D eigenvalue weighted by molar-refractivity contribution is 5.87. The van der Waals surface area contributed by atoms with Crippen LogP contribution in [0.5, 0.6) is 0 Å². The van der Waals surface area contributed by atoms with Gasteiger partial charge >= 0.3 is 0 Å². The van der Waals surface area contributed by atoms with Gasteiger partial charge in [0.25, 0.3) is 0 Å². The number of carbonyl (C=O) groups is 1. The molecule has 2 unspecified atom stereocenters. The third-order valence-corrected chi connectivity index (χ3v) is 5.21. The molecule has 0 aromatic carbocycles. The van der Waals surface area contributed by atoms with Crippen LogP contribution < -0.4 is 5.73 Å². The molecule has 0 aliphatic heterocycles. The van der Waals surface area contributed by atoms with E-state index in [1.807, 2.05) is 0 Å². The summed E-state index contributed by atoms with van der Waals surface area (Å²) < 4.78 is 0. The molecule has 2 nitrogen and oxygen atoms in total. The summed E-state index contributed by atoms with van der Waals surface area (Å²) in [6.07, 6.45) is 10.6. The van der Waals surface area contributed by atoms with Crippen LogP contribution >= 0.6 is 0 Å². The molecule has 0 saturated heterocycles. The van der Waals surface area contributed by atoms with Crippen LogP contribution in [0.4, 0.5) is 0 Å². The van der Waals surface area contributed by atoms with E-state index in [-0.39, 0.29) is 5.41 Å². The van der Waals surface area contributed by atoms with Crippen LogP contribution in [0.1, 0.15) is 64.7 Å². The van der Waals surface area contributed by atoms with Crippen LogP contribution in [0, 0.1) is 17.3 Å². The van der Waals surface area contributed by atoms with Gasteiger partial charge in [0.15, 0.2) is 0 Å². The van der Waals surface area contributed by atoms with E-state index in [1.54, 1.807) is 0 Å². The Bertz CT molecular complexity index is 268. The fourth-order valence-electron chi connectivity index (χ4n) is 3.94. The molecule has 2 N–H and O–H groups in total. The molecule has 17 heavy (non-hydrogen) atoms. The molecular weight excluding hydrogens is 210 g/mol. The maximum atomic E-state index is 12.7. The Balaban J connectivity index is 2.03. The van der Waals surface area contributed by atoms with Gasteiger partial charge in [-0.1, -0.05) is 39.0 Å². The molecule has 0 aromatic rings. The maximum absolute atomic E-state index is 12.7. The monoisotopic (exact) mass is 237 g/mol. The number of Topliss-reactive ketones (excluding diaryl/α,β-unsaturated/α-hetero) is 1. The smallest absolute Gasteiger partial charge is 0.143 e. The van der Waals surface area contributed by atoms with Crippen molar-refractivity contribution in [1.82, 2.24) is 0 Å². The SMILES string of the molecule is CCC1CCCC(C(=O)C2(CN)CCCC2)C1. The Labute approximate surface area is 105 Å². The zero-order chi connectivity index (χ0) is 12.3. The van der Waals surface area contributed by atoms with Crippen molar-refractivity contribution in [2.45, 2.75) is 64.7 Å². The molecule has 2 atom stereocenters. The fourth-order valence-corrected chi connectivity index (χ4v) is 3.94. The first kappa shape index (κ1) is 13.1. The van der Waals surface area contributed by atoms with Crippen molar-refractivity contribution in [2.75, 3.05) is 6.54 Å². The second kappa shape index (κ2) is 5.51. The molecule has 0 amide bonds. The molecular formula is C15H27NO. The Morgan fingerprint density at radius 2 is 1.94 bits per heavy atom. The summed E-state index contributed by atoms with van der Waals surface area (Å²) in [6.45, 7) is 2.84. The summed E-state index contributed by atoms with van der Waals surface area (Å²) in [4.78, 5) is 12.7. The molecule has 2 saturated carbocycles. The minimum absolute atomic E-state index is 0.125. The lowest BCUT2D eigenvalue weighted by molar-refractivity contribution is -0.133. The van der Waals surface area contributed by atoms with Gasteiger partial charge in [-0.15, -0.1) is 0 Å². The zero-order valence-electron chi connectivity index (χ0n) is 11.2. The van der Waals surface area contributed by atoms with Gasteiger partial charge in [0.1, 0.15) is 5.78 Å². The maximum Gasteiger partial charge on any atom is 0.143 e. The van der Waals surface area contributed by atoms with Gasteiger partial charge in [-0.2, -0.15) is 0 Å². The Morgan fingerprint density at radius 3 is 2.53 bits per heavy atom. The van der Waals surface area contributed by atoms with Gasteiger partial charge in [0.2, 0.25) is 0 Å².